The van der Waals surface area contributed by atoms with Crippen molar-refractivity contribution in [3.8, 4) is 73.9 Å². The molecule has 29 rings (SSSR count). The number of nitrogens with zero attached hydrogens (tertiary/aromatic N) is 9. The van der Waals surface area contributed by atoms with Gasteiger partial charge < -0.3 is 8.98 Å². The van der Waals surface area contributed by atoms with Crippen LogP contribution in [0.25, 0.3) is 257 Å². The summed E-state index contributed by atoms with van der Waals surface area (Å²) in [5, 5.41) is 26.1. The molecule has 0 fully saturated rings. The first-order chi connectivity index (χ1) is 65.2. The summed E-state index contributed by atoms with van der Waals surface area (Å²) in [6, 6.07) is 147. The van der Waals surface area contributed by atoms with Crippen LogP contribution in [0, 0.1) is 0 Å². The zero-order chi connectivity index (χ0) is 87.0. The standard InChI is InChI=1S/C43H29N3.C42H25N3S.C36H21N3O/c1-43(2)36-19-11-10-18-31(36)34-25-38-35(24-37(34)43)32-22-20-27-13-7-9-17-30(27)41(32)46(38)42-44-39(28-14-4-3-5-15-28)33-23-21-26-12-6-8-16-29(26)40(33)45-42;1-3-12-27(13-4-1)41-37(25-43-42(44-41)28-14-5-2-6-15-28)45-35-20-19-26-11-9-10-18-31(26)40(35)34-24-39-33(23-36(34)45)32-21-29-16-7-8-17-30(29)22-38(32)46-39;1-2-10-22(11-3-1)35-26-15-6-8-16-30(26)37-36(38-35)39-31-19-24-13-5-4-12-23(24)18-27(31)28-21-34-29(20-32(28)39)25-14-7-9-17-33(25)40-34/h3-25H,1-2H3;1-25H;1-21H. The van der Waals surface area contributed by atoms with E-state index in [0.717, 1.165) is 138 Å². The maximum Gasteiger partial charge on any atom is 0.235 e. The Labute approximate surface area is 760 Å². The van der Waals surface area contributed by atoms with Crippen molar-refractivity contribution >= 4 is 195 Å². The predicted octanol–water partition coefficient (Wildman–Crippen LogP) is 32.0. The van der Waals surface area contributed by atoms with E-state index in [-0.39, 0.29) is 5.41 Å². The van der Waals surface area contributed by atoms with Crippen molar-refractivity contribution in [3.63, 3.8) is 0 Å². The van der Waals surface area contributed by atoms with Gasteiger partial charge in [-0.2, -0.15) is 0 Å². The summed E-state index contributed by atoms with van der Waals surface area (Å²) in [5.41, 5.74) is 23.5. The third-order valence-corrected chi connectivity index (χ3v) is 28.5. The summed E-state index contributed by atoms with van der Waals surface area (Å²) in [6.07, 6.45) is 2.01. The van der Waals surface area contributed by atoms with Crippen molar-refractivity contribution in [1.29, 1.82) is 0 Å². The van der Waals surface area contributed by atoms with Gasteiger partial charge in [0.1, 0.15) is 11.2 Å². The fraction of sp³-hybridized carbons (Fsp3) is 0.0248. The summed E-state index contributed by atoms with van der Waals surface area (Å²) in [6.45, 7) is 4.70. The van der Waals surface area contributed by atoms with Gasteiger partial charge >= 0.3 is 0 Å². The van der Waals surface area contributed by atoms with Crippen molar-refractivity contribution in [2.75, 3.05) is 0 Å². The Kier molecular flexibility index (Phi) is 16.8. The Balaban J connectivity index is 0.000000102. The Morgan fingerprint density at radius 3 is 1.48 bits per heavy atom. The maximum absolute atomic E-state index is 6.31. The van der Waals surface area contributed by atoms with Crippen molar-refractivity contribution in [2.24, 2.45) is 0 Å². The highest BCUT2D eigenvalue weighted by molar-refractivity contribution is 7.26. The van der Waals surface area contributed by atoms with Crippen LogP contribution in [0.1, 0.15) is 25.0 Å². The fourth-order valence-electron chi connectivity index (χ4n) is 21.1. The van der Waals surface area contributed by atoms with E-state index in [2.05, 4.69) is 392 Å². The molecular weight excluding hydrogens is 1630 g/mol. The van der Waals surface area contributed by atoms with Gasteiger partial charge in [0.2, 0.25) is 11.9 Å². The highest BCUT2D eigenvalue weighted by Gasteiger charge is 2.37. The number of thiophene rings is 1. The quantitative estimate of drug-likeness (QED) is 0.146. The second-order valence-corrected chi connectivity index (χ2v) is 36.2. The molecule has 1 aliphatic rings. The second kappa shape index (κ2) is 29.5. The van der Waals surface area contributed by atoms with Crippen LogP contribution in [-0.2, 0) is 5.41 Å². The van der Waals surface area contributed by atoms with Crippen LogP contribution in [0.4, 0.5) is 0 Å². The number of benzene rings is 20. The maximum atomic E-state index is 6.31. The topological polar surface area (TPSA) is 105 Å². The van der Waals surface area contributed by atoms with Gasteiger partial charge in [-0.05, 0) is 150 Å². The summed E-state index contributed by atoms with van der Waals surface area (Å²) >= 11 is 1.88. The minimum atomic E-state index is -0.0930. The molecule has 28 aromatic rings. The number of rotatable bonds is 7. The molecule has 0 N–H and O–H groups in total. The molecule has 10 nitrogen and oxygen atoms in total. The molecule has 1 aliphatic carbocycles. The fourth-order valence-corrected chi connectivity index (χ4v) is 22.3. The van der Waals surface area contributed by atoms with Gasteiger partial charge in [-0.1, -0.05) is 341 Å². The molecule has 0 aliphatic heterocycles. The van der Waals surface area contributed by atoms with E-state index >= 15 is 0 Å². The van der Waals surface area contributed by atoms with Gasteiger partial charge in [0, 0.05) is 112 Å². The molecule has 616 valence electrons. The largest absolute Gasteiger partial charge is 0.456 e. The number of hydrogen-bond donors (Lipinski definition) is 0. The molecule has 8 heterocycles. The third-order valence-electron chi connectivity index (χ3n) is 27.4. The molecular formula is C121H75N9OS. The Morgan fingerprint density at radius 1 is 0.265 bits per heavy atom. The minimum Gasteiger partial charge on any atom is -0.456 e. The predicted molar refractivity (Wildman–Crippen MR) is 551 cm³/mol. The highest BCUT2D eigenvalue weighted by Crippen LogP contribution is 2.53. The summed E-state index contributed by atoms with van der Waals surface area (Å²) in [5.74, 6) is 2.05. The van der Waals surface area contributed by atoms with Gasteiger partial charge in [0.15, 0.2) is 5.82 Å². The van der Waals surface area contributed by atoms with Crippen LogP contribution >= 0.6 is 11.3 Å². The number of fused-ring (bicyclic) bond motifs is 28. The summed E-state index contributed by atoms with van der Waals surface area (Å²) in [4.78, 5) is 31.5. The van der Waals surface area contributed by atoms with Crippen LogP contribution in [0.3, 0.4) is 0 Å². The average Bonchev–Trinajstić information content (AvgIpc) is 1.55. The molecule has 20 aromatic carbocycles. The van der Waals surface area contributed by atoms with E-state index in [0.29, 0.717) is 17.7 Å². The average molecular weight is 1700 g/mol. The number of hydrogen-bond acceptors (Lipinski definition) is 8. The van der Waals surface area contributed by atoms with Gasteiger partial charge in [0.05, 0.1) is 73.1 Å². The van der Waals surface area contributed by atoms with Crippen molar-refractivity contribution < 1.29 is 4.42 Å². The van der Waals surface area contributed by atoms with E-state index in [1.165, 1.54) is 112 Å². The molecule has 0 saturated heterocycles. The Bertz CT molecular complexity index is 9710. The van der Waals surface area contributed by atoms with E-state index in [1.54, 1.807) is 0 Å². The van der Waals surface area contributed by atoms with Crippen molar-refractivity contribution in [3.05, 3.63) is 430 Å². The molecule has 0 saturated carbocycles. The summed E-state index contributed by atoms with van der Waals surface area (Å²) < 4.78 is 15.8. The zero-order valence-electron chi connectivity index (χ0n) is 71.7. The van der Waals surface area contributed by atoms with Crippen molar-refractivity contribution in [2.45, 2.75) is 19.3 Å². The lowest BCUT2D eigenvalue weighted by Crippen LogP contribution is -2.14. The van der Waals surface area contributed by atoms with Crippen molar-refractivity contribution in [1.82, 2.24) is 43.6 Å². The molecule has 0 unspecified atom stereocenters. The van der Waals surface area contributed by atoms with Crippen LogP contribution in [0.5, 0.6) is 0 Å². The number of aromatic nitrogens is 9. The number of furan rings is 1. The first-order valence-corrected chi connectivity index (χ1v) is 45.7. The van der Waals surface area contributed by atoms with E-state index < -0.39 is 0 Å². The van der Waals surface area contributed by atoms with Gasteiger partial charge in [-0.3, -0.25) is 9.13 Å². The molecule has 0 spiro atoms. The van der Waals surface area contributed by atoms with E-state index in [4.69, 9.17) is 34.3 Å². The molecule has 8 aromatic heterocycles. The van der Waals surface area contributed by atoms with E-state index in [1.807, 2.05) is 66.1 Å². The Hall–Kier alpha value is -17.1. The van der Waals surface area contributed by atoms with Gasteiger partial charge in [-0.25, -0.2) is 29.9 Å². The molecule has 0 atom stereocenters. The van der Waals surface area contributed by atoms with Crippen LogP contribution in [0.2, 0.25) is 0 Å². The first-order valence-electron chi connectivity index (χ1n) is 44.9. The SMILES string of the molecule is CC1(C)c2ccccc2-c2cc3c(cc21)c1ccc2ccccc2c1n3-c1nc(-c2ccccc2)c2ccc3ccccc3c2n1.c1ccc(-c2nc(-n3c4cc5ccccc5cc4c4cc5oc6ccccc6c5cc43)nc3ccccc23)cc1.c1ccc(-c2ncc(-n3c4cc5c(cc4c4c6ccccc6ccc43)sc3cc4ccccc4cc35)c(-c3ccccc3)n2)cc1. The third kappa shape index (κ3) is 11.7. The normalized spacial score (nSPS) is 12.5. The zero-order valence-corrected chi connectivity index (χ0v) is 72.5. The first kappa shape index (κ1) is 75.1. The smallest absolute Gasteiger partial charge is 0.235 e. The molecule has 0 bridgehead atoms. The number of para-hydroxylation sites is 2. The Morgan fingerprint density at radius 2 is 0.758 bits per heavy atom. The lowest BCUT2D eigenvalue weighted by molar-refractivity contribution is 0.661. The van der Waals surface area contributed by atoms with Crippen LogP contribution in [-0.4, -0.2) is 43.6 Å². The molecule has 0 amide bonds. The lowest BCUT2D eigenvalue weighted by Gasteiger charge is -2.21. The van der Waals surface area contributed by atoms with E-state index in [9.17, 15) is 0 Å². The van der Waals surface area contributed by atoms with Crippen LogP contribution in [0.15, 0.2) is 423 Å². The molecule has 0 radical (unpaired) electrons. The monoisotopic (exact) mass is 1700 g/mol. The molecule has 132 heavy (non-hydrogen) atoms. The highest BCUT2D eigenvalue weighted by atomic mass is 32.1. The second-order valence-electron chi connectivity index (χ2n) is 35.1. The summed E-state index contributed by atoms with van der Waals surface area (Å²) in [7, 11) is 0. The van der Waals surface area contributed by atoms with Gasteiger partial charge in [0.25, 0.3) is 0 Å². The van der Waals surface area contributed by atoms with Gasteiger partial charge in [-0.15, -0.1) is 11.3 Å². The molecule has 11 heteroatoms. The van der Waals surface area contributed by atoms with Crippen LogP contribution < -0.4 is 0 Å². The minimum absolute atomic E-state index is 0.0930. The lowest BCUT2D eigenvalue weighted by atomic mass is 9.82.